The van der Waals surface area contributed by atoms with Crippen LogP contribution in [0.25, 0.3) is 0 Å². The van der Waals surface area contributed by atoms with Crippen molar-refractivity contribution in [1.82, 2.24) is 15.3 Å². The van der Waals surface area contributed by atoms with Gasteiger partial charge < -0.3 is 15.4 Å². The summed E-state index contributed by atoms with van der Waals surface area (Å²) in [5.74, 6) is 1.52. The van der Waals surface area contributed by atoms with Crippen molar-refractivity contribution in [3.05, 3.63) is 11.9 Å². The molecule has 0 saturated carbocycles. The summed E-state index contributed by atoms with van der Waals surface area (Å²) >= 11 is 0. The summed E-state index contributed by atoms with van der Waals surface area (Å²) in [5, 5.41) is 6.89. The van der Waals surface area contributed by atoms with Gasteiger partial charge in [-0.2, -0.15) is 0 Å². The van der Waals surface area contributed by atoms with E-state index in [0.29, 0.717) is 5.88 Å². The molecule has 0 unspecified atom stereocenters. The average Bonchev–Trinajstić information content (AvgIpc) is 2.32. The van der Waals surface area contributed by atoms with Gasteiger partial charge in [0, 0.05) is 5.54 Å². The zero-order valence-electron chi connectivity index (χ0n) is 10.7. The lowest BCUT2D eigenvalue weighted by molar-refractivity contribution is 0.362. The lowest BCUT2D eigenvalue weighted by Gasteiger charge is -2.35. The van der Waals surface area contributed by atoms with Crippen molar-refractivity contribution in [3.63, 3.8) is 0 Å². The van der Waals surface area contributed by atoms with Crippen LogP contribution in [0.1, 0.15) is 25.3 Å². The highest BCUT2D eigenvalue weighted by Crippen LogP contribution is 2.27. The summed E-state index contributed by atoms with van der Waals surface area (Å²) in [6.45, 7) is 6.31. The lowest BCUT2D eigenvalue weighted by Crippen LogP contribution is -2.45. The van der Waals surface area contributed by atoms with Crippen LogP contribution in [0.15, 0.2) is 6.33 Å². The minimum Gasteiger partial charge on any atom is -0.481 e. The SMILES string of the molecule is COc1ncnc(NC2(C)CCNCC2)c1C. The van der Waals surface area contributed by atoms with Gasteiger partial charge in [-0.1, -0.05) is 0 Å². The molecule has 2 rings (SSSR count). The third-order valence-electron chi connectivity index (χ3n) is 3.36. The Kier molecular flexibility index (Phi) is 3.47. The zero-order chi connectivity index (χ0) is 12.3. The normalized spacial score (nSPS) is 18.8. The topological polar surface area (TPSA) is 59.1 Å². The van der Waals surface area contributed by atoms with Crippen LogP contribution < -0.4 is 15.4 Å². The highest BCUT2D eigenvalue weighted by atomic mass is 16.5. The Balaban J connectivity index is 2.17. The molecule has 2 N–H and O–H groups in total. The van der Waals surface area contributed by atoms with Crippen LogP contribution in [0.5, 0.6) is 5.88 Å². The Hall–Kier alpha value is -1.36. The van der Waals surface area contributed by atoms with E-state index in [2.05, 4.69) is 27.5 Å². The second-order valence-corrected chi connectivity index (χ2v) is 4.79. The molecule has 0 amide bonds. The molecule has 1 aromatic heterocycles. The van der Waals surface area contributed by atoms with Crippen LogP contribution in [0.2, 0.25) is 0 Å². The van der Waals surface area contributed by atoms with Gasteiger partial charge in [-0.25, -0.2) is 9.97 Å². The molecular formula is C12H20N4O. The number of anilines is 1. The summed E-state index contributed by atoms with van der Waals surface area (Å²) in [5.41, 5.74) is 1.07. The first kappa shape index (κ1) is 12.1. The van der Waals surface area contributed by atoms with Gasteiger partial charge in [0.1, 0.15) is 12.1 Å². The Morgan fingerprint density at radius 3 is 2.71 bits per heavy atom. The van der Waals surface area contributed by atoms with Crippen molar-refractivity contribution >= 4 is 5.82 Å². The largest absolute Gasteiger partial charge is 0.481 e. The first-order valence-electron chi connectivity index (χ1n) is 5.99. The fraction of sp³-hybridized carbons (Fsp3) is 0.667. The molecule has 0 bridgehead atoms. The van der Waals surface area contributed by atoms with E-state index in [4.69, 9.17) is 4.74 Å². The maximum Gasteiger partial charge on any atom is 0.221 e. The third-order valence-corrected chi connectivity index (χ3v) is 3.36. The van der Waals surface area contributed by atoms with Gasteiger partial charge in [0.15, 0.2) is 0 Å². The maximum atomic E-state index is 5.20. The Bertz CT molecular complexity index is 388. The van der Waals surface area contributed by atoms with Crippen LogP contribution in [0.4, 0.5) is 5.82 Å². The summed E-state index contributed by atoms with van der Waals surface area (Å²) in [7, 11) is 1.63. The van der Waals surface area contributed by atoms with Gasteiger partial charge in [-0.15, -0.1) is 0 Å². The standard InChI is InChI=1S/C12H20N4O/c1-9-10(14-8-15-11(9)17-3)16-12(2)4-6-13-7-5-12/h8,13H,4-7H2,1-3H3,(H,14,15,16). The second-order valence-electron chi connectivity index (χ2n) is 4.79. The number of nitrogens with one attached hydrogen (secondary N) is 2. The molecule has 1 aliphatic heterocycles. The van der Waals surface area contributed by atoms with Crippen molar-refractivity contribution in [3.8, 4) is 5.88 Å². The van der Waals surface area contributed by atoms with Crippen LogP contribution >= 0.6 is 0 Å². The predicted octanol–water partition coefficient (Wildman–Crippen LogP) is 1.35. The van der Waals surface area contributed by atoms with E-state index in [1.54, 1.807) is 13.4 Å². The van der Waals surface area contributed by atoms with E-state index in [1.807, 2.05) is 6.92 Å². The molecule has 1 saturated heterocycles. The first-order chi connectivity index (χ1) is 8.14. The minimum atomic E-state index is 0.107. The number of hydrogen-bond acceptors (Lipinski definition) is 5. The number of aromatic nitrogens is 2. The average molecular weight is 236 g/mol. The number of methoxy groups -OCH3 is 1. The molecule has 0 aliphatic carbocycles. The Morgan fingerprint density at radius 2 is 2.06 bits per heavy atom. The fourth-order valence-electron chi connectivity index (χ4n) is 2.16. The Labute approximate surface area is 102 Å². The van der Waals surface area contributed by atoms with Crippen molar-refractivity contribution < 1.29 is 4.74 Å². The number of hydrogen-bond donors (Lipinski definition) is 2. The molecule has 1 fully saturated rings. The zero-order valence-corrected chi connectivity index (χ0v) is 10.7. The molecule has 0 aromatic carbocycles. The molecule has 94 valence electrons. The molecule has 5 nitrogen and oxygen atoms in total. The highest BCUT2D eigenvalue weighted by Gasteiger charge is 2.27. The quantitative estimate of drug-likeness (QED) is 0.829. The van der Waals surface area contributed by atoms with E-state index < -0.39 is 0 Å². The van der Waals surface area contributed by atoms with Gasteiger partial charge in [0.25, 0.3) is 0 Å². The summed E-state index contributed by atoms with van der Waals surface area (Å²) < 4.78 is 5.20. The van der Waals surface area contributed by atoms with Gasteiger partial charge in [0.2, 0.25) is 5.88 Å². The first-order valence-corrected chi connectivity index (χ1v) is 5.99. The van der Waals surface area contributed by atoms with Crippen LogP contribution in [-0.2, 0) is 0 Å². The van der Waals surface area contributed by atoms with Crippen molar-refractivity contribution in [2.45, 2.75) is 32.2 Å². The van der Waals surface area contributed by atoms with E-state index in [-0.39, 0.29) is 5.54 Å². The molecule has 1 aromatic rings. The van der Waals surface area contributed by atoms with Gasteiger partial charge in [0.05, 0.1) is 12.7 Å². The monoisotopic (exact) mass is 236 g/mol. The number of piperidine rings is 1. The minimum absolute atomic E-state index is 0.107. The van der Waals surface area contributed by atoms with E-state index in [1.165, 1.54) is 0 Å². The van der Waals surface area contributed by atoms with E-state index >= 15 is 0 Å². The van der Waals surface area contributed by atoms with Crippen molar-refractivity contribution in [2.24, 2.45) is 0 Å². The van der Waals surface area contributed by atoms with Crippen molar-refractivity contribution in [1.29, 1.82) is 0 Å². The van der Waals surface area contributed by atoms with Crippen LogP contribution in [-0.4, -0.2) is 35.7 Å². The molecular weight excluding hydrogens is 216 g/mol. The Morgan fingerprint density at radius 1 is 1.35 bits per heavy atom. The van der Waals surface area contributed by atoms with Gasteiger partial charge in [-0.05, 0) is 39.8 Å². The summed E-state index contributed by atoms with van der Waals surface area (Å²) in [6.07, 6.45) is 3.73. The van der Waals surface area contributed by atoms with Crippen LogP contribution in [0.3, 0.4) is 0 Å². The molecule has 1 aliphatic rings. The maximum absolute atomic E-state index is 5.20. The van der Waals surface area contributed by atoms with Crippen molar-refractivity contribution in [2.75, 3.05) is 25.5 Å². The molecule has 2 heterocycles. The molecule has 0 radical (unpaired) electrons. The fourth-order valence-corrected chi connectivity index (χ4v) is 2.16. The summed E-state index contributed by atoms with van der Waals surface area (Å²) in [6, 6.07) is 0. The second kappa shape index (κ2) is 4.87. The predicted molar refractivity (Wildman–Crippen MR) is 67.5 cm³/mol. The highest BCUT2D eigenvalue weighted by molar-refractivity contribution is 5.49. The molecule has 0 atom stereocenters. The van der Waals surface area contributed by atoms with Gasteiger partial charge in [-0.3, -0.25) is 0 Å². The third kappa shape index (κ3) is 2.66. The molecule has 0 spiro atoms. The van der Waals surface area contributed by atoms with E-state index in [9.17, 15) is 0 Å². The summed E-state index contributed by atoms with van der Waals surface area (Å²) in [4.78, 5) is 8.39. The van der Waals surface area contributed by atoms with E-state index in [0.717, 1.165) is 37.3 Å². The van der Waals surface area contributed by atoms with Crippen LogP contribution in [0, 0.1) is 6.92 Å². The lowest BCUT2D eigenvalue weighted by atomic mass is 9.90. The van der Waals surface area contributed by atoms with Gasteiger partial charge >= 0.3 is 0 Å². The smallest absolute Gasteiger partial charge is 0.221 e. The molecule has 17 heavy (non-hydrogen) atoms. The number of rotatable bonds is 3. The molecule has 5 heteroatoms. The number of ether oxygens (including phenoxy) is 1. The number of nitrogens with zero attached hydrogens (tertiary/aromatic N) is 2.